The minimum absolute atomic E-state index is 0.241. The van der Waals surface area contributed by atoms with Gasteiger partial charge in [0.25, 0.3) is 0 Å². The maximum atomic E-state index is 13.2. The van der Waals surface area contributed by atoms with Gasteiger partial charge in [0, 0.05) is 11.4 Å². The predicted molar refractivity (Wildman–Crippen MR) is 110 cm³/mol. The average molecular weight is 417 g/mol. The Morgan fingerprint density at radius 1 is 1.10 bits per heavy atom. The molecule has 0 atom stereocenters. The zero-order valence-electron chi connectivity index (χ0n) is 16.2. The number of halogens is 2. The van der Waals surface area contributed by atoms with Crippen LogP contribution in [0.1, 0.15) is 11.4 Å². The second-order valence-electron chi connectivity index (χ2n) is 6.51. The summed E-state index contributed by atoms with van der Waals surface area (Å²) in [4.78, 5) is 1.81. The third-order valence-corrected chi connectivity index (χ3v) is 5.40. The Labute approximate surface area is 173 Å². The first-order valence-corrected chi connectivity index (χ1v) is 10.0. The Hall–Kier alpha value is -2.36. The van der Waals surface area contributed by atoms with Crippen LogP contribution in [-0.4, -0.2) is 28.4 Å². The molecule has 29 heavy (non-hydrogen) atoms. The number of ether oxygens (including phenoxy) is 1. The second kappa shape index (κ2) is 9.91. The average Bonchev–Trinajstić information content (AvgIpc) is 2.97. The van der Waals surface area contributed by atoms with E-state index in [2.05, 4.69) is 10.3 Å². The molecule has 2 N–H and O–H groups in total. The van der Waals surface area contributed by atoms with Gasteiger partial charge in [-0.3, -0.25) is 4.68 Å². The summed E-state index contributed by atoms with van der Waals surface area (Å²) < 4.78 is 34.0. The Morgan fingerprint density at radius 2 is 1.72 bits per heavy atom. The van der Waals surface area contributed by atoms with Gasteiger partial charge in [-0.1, -0.05) is 11.8 Å². The number of hydrogen-bond acceptors (Lipinski definition) is 5. The Kier molecular flexibility index (Phi) is 7.30. The third-order valence-electron chi connectivity index (χ3n) is 4.16. The highest BCUT2D eigenvalue weighted by atomic mass is 32.2. The van der Waals surface area contributed by atoms with Gasteiger partial charge in [0.1, 0.15) is 24.0 Å². The first kappa shape index (κ1) is 21.4. The van der Waals surface area contributed by atoms with E-state index in [4.69, 9.17) is 4.74 Å². The van der Waals surface area contributed by atoms with Gasteiger partial charge >= 0.3 is 7.05 Å². The highest BCUT2D eigenvalue weighted by molar-refractivity contribution is 7.99. The van der Waals surface area contributed by atoms with Crippen LogP contribution in [0.2, 0.25) is 6.82 Å². The van der Waals surface area contributed by atoms with Crippen LogP contribution in [0.15, 0.2) is 58.3 Å². The first-order chi connectivity index (χ1) is 13.9. The van der Waals surface area contributed by atoms with Crippen molar-refractivity contribution < 1.29 is 18.5 Å². The molecule has 0 amide bonds. The van der Waals surface area contributed by atoms with Crippen LogP contribution < -0.4 is 9.96 Å². The third kappa shape index (κ3) is 6.06. The molecule has 0 aliphatic heterocycles. The Morgan fingerprint density at radius 3 is 2.34 bits per heavy atom. The van der Waals surface area contributed by atoms with Crippen molar-refractivity contribution in [3.05, 3.63) is 71.6 Å². The van der Waals surface area contributed by atoms with Crippen molar-refractivity contribution in [2.24, 2.45) is 0 Å². The van der Waals surface area contributed by atoms with E-state index in [1.807, 2.05) is 11.6 Å². The zero-order valence-corrected chi connectivity index (χ0v) is 17.0. The molecule has 2 aromatic carbocycles. The highest BCUT2D eigenvalue weighted by Gasteiger charge is 2.18. The SMILES string of the molecule is CB(O)NCCn1nc(C)c(Sc2ccc(F)cc2)c1COc1ccc(F)cc1. The number of rotatable bonds is 9. The number of nitrogens with one attached hydrogen (secondary N) is 1. The lowest BCUT2D eigenvalue weighted by Crippen LogP contribution is -2.33. The van der Waals surface area contributed by atoms with Crippen LogP contribution in [-0.2, 0) is 13.2 Å². The summed E-state index contributed by atoms with van der Waals surface area (Å²) in [6.07, 6.45) is 0. The van der Waals surface area contributed by atoms with E-state index in [0.29, 0.717) is 18.8 Å². The van der Waals surface area contributed by atoms with E-state index in [1.54, 1.807) is 31.1 Å². The van der Waals surface area contributed by atoms with Gasteiger partial charge in [0.15, 0.2) is 0 Å². The maximum Gasteiger partial charge on any atom is 0.373 e. The molecule has 0 unspecified atom stereocenters. The minimum Gasteiger partial charge on any atom is -0.487 e. The number of aryl methyl sites for hydroxylation is 1. The van der Waals surface area contributed by atoms with Gasteiger partial charge in [-0.05, 0) is 62.3 Å². The van der Waals surface area contributed by atoms with Crippen molar-refractivity contribution in [1.82, 2.24) is 15.0 Å². The summed E-state index contributed by atoms with van der Waals surface area (Å²) in [7, 11) is -0.612. The fourth-order valence-corrected chi connectivity index (χ4v) is 3.73. The fourth-order valence-electron chi connectivity index (χ4n) is 2.75. The molecule has 3 aromatic rings. The molecule has 5 nitrogen and oxygen atoms in total. The second-order valence-corrected chi connectivity index (χ2v) is 7.60. The minimum atomic E-state index is -0.612. The molecule has 1 heterocycles. The van der Waals surface area contributed by atoms with Crippen LogP contribution in [0, 0.1) is 18.6 Å². The monoisotopic (exact) mass is 417 g/mol. The van der Waals surface area contributed by atoms with Gasteiger partial charge in [-0.25, -0.2) is 8.78 Å². The Bertz CT molecular complexity index is 934. The van der Waals surface area contributed by atoms with Gasteiger partial charge in [-0.15, -0.1) is 0 Å². The van der Waals surface area contributed by atoms with Crippen molar-refractivity contribution in [2.45, 2.75) is 36.7 Å². The van der Waals surface area contributed by atoms with Crippen molar-refractivity contribution in [2.75, 3.05) is 6.54 Å². The first-order valence-electron chi connectivity index (χ1n) is 9.22. The van der Waals surface area contributed by atoms with Crippen LogP contribution >= 0.6 is 11.8 Å². The van der Waals surface area contributed by atoms with Crippen molar-refractivity contribution in [3.63, 3.8) is 0 Å². The summed E-state index contributed by atoms with van der Waals surface area (Å²) in [5.41, 5.74) is 1.68. The predicted octanol–water partition coefficient (Wildman–Crippen LogP) is 3.90. The molecular formula is C20H22BF2N3O2S. The topological polar surface area (TPSA) is 59.3 Å². The summed E-state index contributed by atoms with van der Waals surface area (Å²) in [6.45, 7) is 4.88. The number of nitrogens with zero attached hydrogens (tertiary/aromatic N) is 2. The molecule has 0 aliphatic rings. The molecule has 0 saturated heterocycles. The van der Waals surface area contributed by atoms with Crippen molar-refractivity contribution in [1.29, 1.82) is 0 Å². The molecular weight excluding hydrogens is 395 g/mol. The van der Waals surface area contributed by atoms with Crippen LogP contribution in [0.25, 0.3) is 0 Å². The fraction of sp³-hybridized carbons (Fsp3) is 0.250. The number of benzene rings is 2. The zero-order chi connectivity index (χ0) is 20.8. The molecule has 0 saturated carbocycles. The van der Waals surface area contributed by atoms with Crippen LogP contribution in [0.3, 0.4) is 0 Å². The largest absolute Gasteiger partial charge is 0.487 e. The maximum absolute atomic E-state index is 13.2. The molecule has 9 heteroatoms. The van der Waals surface area contributed by atoms with E-state index in [-0.39, 0.29) is 18.2 Å². The standard InChI is InChI=1S/C20H22BF2N3O2S/c1-14-20(29-18-9-5-16(23)6-10-18)19(26(25-14)12-11-24-21(2)27)13-28-17-7-3-15(22)4-8-17/h3-10,24,27H,11-13H2,1-2H3. The molecule has 0 radical (unpaired) electrons. The van der Waals surface area contributed by atoms with Crippen molar-refractivity contribution >= 4 is 18.8 Å². The summed E-state index contributed by atoms with van der Waals surface area (Å²) in [5.74, 6) is -0.0579. The van der Waals surface area contributed by atoms with Crippen LogP contribution in [0.5, 0.6) is 5.75 Å². The number of hydrogen-bond donors (Lipinski definition) is 2. The smallest absolute Gasteiger partial charge is 0.373 e. The molecule has 152 valence electrons. The van der Waals surface area contributed by atoms with E-state index in [0.717, 1.165) is 21.2 Å². The molecule has 0 fully saturated rings. The summed E-state index contributed by atoms with van der Waals surface area (Å²) in [5, 5.41) is 17.0. The molecule has 0 aliphatic carbocycles. The van der Waals surface area contributed by atoms with Gasteiger partial charge in [0.2, 0.25) is 0 Å². The summed E-state index contributed by atoms with van der Waals surface area (Å²) >= 11 is 1.49. The Balaban J connectivity index is 1.83. The van der Waals surface area contributed by atoms with Crippen molar-refractivity contribution in [3.8, 4) is 5.75 Å². The number of aromatic nitrogens is 2. The van der Waals surface area contributed by atoms with Gasteiger partial charge < -0.3 is 15.0 Å². The lowest BCUT2D eigenvalue weighted by molar-refractivity contribution is 0.288. The normalized spacial score (nSPS) is 10.9. The molecule has 1 aromatic heterocycles. The lowest BCUT2D eigenvalue weighted by Gasteiger charge is -2.12. The van der Waals surface area contributed by atoms with Gasteiger partial charge in [-0.2, -0.15) is 5.10 Å². The lowest BCUT2D eigenvalue weighted by atomic mass is 9.89. The van der Waals surface area contributed by atoms with E-state index in [1.165, 1.54) is 36.0 Å². The summed E-state index contributed by atoms with van der Waals surface area (Å²) in [6, 6.07) is 12.1. The molecule has 3 rings (SSSR count). The molecule has 0 bridgehead atoms. The van der Waals surface area contributed by atoms with E-state index < -0.39 is 7.05 Å². The van der Waals surface area contributed by atoms with E-state index in [9.17, 15) is 13.8 Å². The quantitative estimate of drug-likeness (QED) is 0.518. The van der Waals surface area contributed by atoms with E-state index >= 15 is 0 Å². The highest BCUT2D eigenvalue weighted by Crippen LogP contribution is 2.34. The van der Waals surface area contributed by atoms with Crippen LogP contribution in [0.4, 0.5) is 8.78 Å². The molecule has 0 spiro atoms. The van der Waals surface area contributed by atoms with Gasteiger partial charge in [0.05, 0.1) is 22.8 Å².